The van der Waals surface area contributed by atoms with Crippen molar-refractivity contribution in [2.24, 2.45) is 0 Å². The first-order valence-corrected chi connectivity index (χ1v) is 8.50. The van der Waals surface area contributed by atoms with E-state index in [1.54, 1.807) is 24.3 Å². The van der Waals surface area contributed by atoms with Gasteiger partial charge in [-0.15, -0.1) is 0 Å². The maximum Gasteiger partial charge on any atom is 0.387 e. The van der Waals surface area contributed by atoms with Crippen LogP contribution in [-0.4, -0.2) is 22.5 Å². The number of benzene rings is 3. The first kappa shape index (κ1) is 17.7. The fourth-order valence-electron chi connectivity index (χ4n) is 2.89. The number of imidazole rings is 1. The third-order valence-electron chi connectivity index (χ3n) is 4.13. The van der Waals surface area contributed by atoms with E-state index in [9.17, 15) is 13.6 Å². The quantitative estimate of drug-likeness (QED) is 0.508. The summed E-state index contributed by atoms with van der Waals surface area (Å²) in [7, 11) is 0. The molecule has 28 heavy (non-hydrogen) atoms. The summed E-state index contributed by atoms with van der Waals surface area (Å²) in [4.78, 5) is 20.3. The minimum atomic E-state index is -3.01. The molecule has 0 atom stereocenters. The van der Waals surface area contributed by atoms with E-state index in [1.165, 1.54) is 18.2 Å². The van der Waals surface area contributed by atoms with E-state index >= 15 is 0 Å². The van der Waals surface area contributed by atoms with Gasteiger partial charge >= 0.3 is 6.61 Å². The van der Waals surface area contributed by atoms with Crippen molar-refractivity contribution >= 4 is 22.6 Å². The first-order chi connectivity index (χ1) is 13.6. The molecule has 1 aromatic heterocycles. The number of fused-ring (bicyclic) bond motifs is 1. The second-order valence-electron chi connectivity index (χ2n) is 6.01. The topological polar surface area (TPSA) is 67.0 Å². The number of rotatable bonds is 5. The molecule has 3 aromatic carbocycles. The number of aromatic nitrogens is 2. The lowest BCUT2D eigenvalue weighted by Gasteiger charge is -2.11. The Bertz CT molecular complexity index is 1110. The van der Waals surface area contributed by atoms with Crippen molar-refractivity contribution in [2.75, 3.05) is 5.32 Å². The van der Waals surface area contributed by atoms with E-state index in [1.807, 2.05) is 30.3 Å². The molecule has 5 nitrogen and oxygen atoms in total. The Morgan fingerprint density at radius 1 is 1.00 bits per heavy atom. The number of anilines is 1. The number of carbonyl (C=O) groups is 1. The molecule has 4 rings (SSSR count). The van der Waals surface area contributed by atoms with Crippen LogP contribution in [0, 0.1) is 0 Å². The number of carbonyl (C=O) groups excluding carboxylic acids is 1. The van der Waals surface area contributed by atoms with Gasteiger partial charge in [0.2, 0.25) is 0 Å². The standard InChI is InChI=1S/C21H15F2N3O2/c22-21(23)28-18-11-4-1-8-15(18)20(27)24-14-7-5-6-13(12-14)19-25-16-9-2-3-10-17(16)26-19/h1-12,21H,(H,24,27)(H,25,26). The van der Waals surface area contributed by atoms with Gasteiger partial charge in [0, 0.05) is 11.3 Å². The lowest BCUT2D eigenvalue weighted by atomic mass is 10.1. The molecule has 1 heterocycles. The van der Waals surface area contributed by atoms with E-state index in [-0.39, 0.29) is 11.3 Å². The summed E-state index contributed by atoms with van der Waals surface area (Å²) >= 11 is 0. The third-order valence-corrected chi connectivity index (χ3v) is 4.13. The number of amides is 1. The molecule has 0 fully saturated rings. The Morgan fingerprint density at radius 3 is 2.61 bits per heavy atom. The second-order valence-corrected chi connectivity index (χ2v) is 6.01. The molecule has 0 aliphatic heterocycles. The molecule has 7 heteroatoms. The number of hydrogen-bond donors (Lipinski definition) is 2. The average molecular weight is 379 g/mol. The number of H-pyrrole nitrogens is 1. The van der Waals surface area contributed by atoms with Gasteiger partial charge < -0.3 is 15.0 Å². The monoisotopic (exact) mass is 379 g/mol. The van der Waals surface area contributed by atoms with Crippen molar-refractivity contribution in [2.45, 2.75) is 6.61 Å². The lowest BCUT2D eigenvalue weighted by molar-refractivity contribution is -0.0501. The van der Waals surface area contributed by atoms with Crippen LogP contribution >= 0.6 is 0 Å². The fraction of sp³-hybridized carbons (Fsp3) is 0.0476. The van der Waals surface area contributed by atoms with Gasteiger partial charge in [0.1, 0.15) is 11.6 Å². The summed E-state index contributed by atoms with van der Waals surface area (Å²) in [6.45, 7) is -3.01. The zero-order valence-corrected chi connectivity index (χ0v) is 14.5. The first-order valence-electron chi connectivity index (χ1n) is 8.50. The number of aromatic amines is 1. The van der Waals surface area contributed by atoms with Gasteiger partial charge in [-0.05, 0) is 36.4 Å². The fourth-order valence-corrected chi connectivity index (χ4v) is 2.89. The van der Waals surface area contributed by atoms with Gasteiger partial charge in [0.25, 0.3) is 5.91 Å². The lowest BCUT2D eigenvalue weighted by Crippen LogP contribution is -2.15. The minimum absolute atomic E-state index is 0.0249. The maximum absolute atomic E-state index is 12.6. The molecule has 0 spiro atoms. The summed E-state index contributed by atoms with van der Waals surface area (Å²) in [5.41, 5.74) is 3.06. The number of ether oxygens (including phenoxy) is 1. The average Bonchev–Trinajstić information content (AvgIpc) is 3.12. The summed E-state index contributed by atoms with van der Waals surface area (Å²) in [6, 6.07) is 20.6. The second kappa shape index (κ2) is 7.48. The van der Waals surface area contributed by atoms with Crippen LogP contribution < -0.4 is 10.1 Å². The van der Waals surface area contributed by atoms with E-state index in [4.69, 9.17) is 0 Å². The highest BCUT2D eigenvalue weighted by Crippen LogP contribution is 2.25. The molecule has 0 aliphatic rings. The summed E-state index contributed by atoms with van der Waals surface area (Å²) in [6.07, 6.45) is 0. The molecular formula is C21H15F2N3O2. The SMILES string of the molecule is O=C(Nc1cccc(-c2nc3ccccc3[nH]2)c1)c1ccccc1OC(F)F. The van der Waals surface area contributed by atoms with E-state index < -0.39 is 12.5 Å². The number of halogens is 2. The minimum Gasteiger partial charge on any atom is -0.434 e. The number of hydrogen-bond acceptors (Lipinski definition) is 3. The Hall–Kier alpha value is -3.74. The summed E-state index contributed by atoms with van der Waals surface area (Å²) in [5, 5.41) is 2.71. The normalized spacial score (nSPS) is 11.0. The van der Waals surface area contributed by atoms with Crippen LogP contribution in [0.4, 0.5) is 14.5 Å². The molecule has 0 unspecified atom stereocenters. The van der Waals surface area contributed by atoms with Gasteiger partial charge in [-0.3, -0.25) is 4.79 Å². The van der Waals surface area contributed by atoms with E-state index in [2.05, 4.69) is 20.0 Å². The molecule has 1 amide bonds. The predicted octanol–water partition coefficient (Wildman–Crippen LogP) is 5.08. The van der Waals surface area contributed by atoms with Crippen molar-refractivity contribution in [3.8, 4) is 17.1 Å². The van der Waals surface area contributed by atoms with Gasteiger partial charge in [0.05, 0.1) is 16.6 Å². The van der Waals surface area contributed by atoms with Crippen LogP contribution in [0.25, 0.3) is 22.4 Å². The van der Waals surface area contributed by atoms with E-state index in [0.29, 0.717) is 11.5 Å². The van der Waals surface area contributed by atoms with Crippen molar-refractivity contribution in [1.29, 1.82) is 0 Å². The highest BCUT2D eigenvalue weighted by atomic mass is 19.3. The predicted molar refractivity (Wildman–Crippen MR) is 103 cm³/mol. The van der Waals surface area contributed by atoms with Crippen LogP contribution in [-0.2, 0) is 0 Å². The largest absolute Gasteiger partial charge is 0.434 e. The molecule has 0 aliphatic carbocycles. The molecule has 0 bridgehead atoms. The van der Waals surface area contributed by atoms with Crippen molar-refractivity contribution < 1.29 is 18.3 Å². The molecule has 0 saturated heterocycles. The number of nitrogens with zero attached hydrogens (tertiary/aromatic N) is 1. The Morgan fingerprint density at radius 2 is 1.79 bits per heavy atom. The van der Waals surface area contributed by atoms with E-state index in [0.717, 1.165) is 16.6 Å². The molecule has 0 radical (unpaired) electrons. The molecular weight excluding hydrogens is 364 g/mol. The van der Waals surface area contributed by atoms with Gasteiger partial charge in [-0.25, -0.2) is 4.98 Å². The number of alkyl halides is 2. The van der Waals surface area contributed by atoms with Crippen LogP contribution in [0.5, 0.6) is 5.75 Å². The Kier molecular flexibility index (Phi) is 4.72. The maximum atomic E-state index is 12.6. The highest BCUT2D eigenvalue weighted by molar-refractivity contribution is 6.06. The smallest absolute Gasteiger partial charge is 0.387 e. The zero-order valence-electron chi connectivity index (χ0n) is 14.5. The third kappa shape index (κ3) is 3.68. The van der Waals surface area contributed by atoms with Crippen LogP contribution in [0.2, 0.25) is 0 Å². The Labute approximate surface area is 159 Å². The molecule has 140 valence electrons. The zero-order chi connectivity index (χ0) is 19.5. The Balaban J connectivity index is 1.59. The number of para-hydroxylation sites is 3. The summed E-state index contributed by atoms with van der Waals surface area (Å²) in [5.74, 6) is -0.0554. The van der Waals surface area contributed by atoms with Gasteiger partial charge in [-0.1, -0.05) is 36.4 Å². The van der Waals surface area contributed by atoms with Crippen molar-refractivity contribution in [1.82, 2.24) is 9.97 Å². The molecule has 4 aromatic rings. The van der Waals surface area contributed by atoms with Gasteiger partial charge in [-0.2, -0.15) is 8.78 Å². The van der Waals surface area contributed by atoms with Crippen LogP contribution in [0.15, 0.2) is 72.8 Å². The van der Waals surface area contributed by atoms with Crippen LogP contribution in [0.3, 0.4) is 0 Å². The van der Waals surface area contributed by atoms with Gasteiger partial charge in [0.15, 0.2) is 0 Å². The highest BCUT2D eigenvalue weighted by Gasteiger charge is 2.16. The van der Waals surface area contributed by atoms with Crippen molar-refractivity contribution in [3.63, 3.8) is 0 Å². The van der Waals surface area contributed by atoms with Crippen molar-refractivity contribution in [3.05, 3.63) is 78.4 Å². The summed E-state index contributed by atoms with van der Waals surface area (Å²) < 4.78 is 29.5. The number of nitrogens with one attached hydrogen (secondary N) is 2. The van der Waals surface area contributed by atoms with Crippen LogP contribution in [0.1, 0.15) is 10.4 Å². The molecule has 0 saturated carbocycles. The molecule has 2 N–H and O–H groups in total.